The van der Waals surface area contributed by atoms with Gasteiger partial charge in [0.15, 0.2) is 11.6 Å². The van der Waals surface area contributed by atoms with Crippen molar-refractivity contribution in [1.82, 2.24) is 15.6 Å². The minimum Gasteiger partial charge on any atom is -0.453 e. The van der Waals surface area contributed by atoms with Crippen LogP contribution in [0.15, 0.2) is 62.9 Å². The van der Waals surface area contributed by atoms with Gasteiger partial charge in [0.2, 0.25) is 0 Å². The van der Waals surface area contributed by atoms with Crippen molar-refractivity contribution in [1.29, 1.82) is 0 Å². The summed E-state index contributed by atoms with van der Waals surface area (Å²) in [6, 6.07) is 16.9. The number of H-pyrrole nitrogens is 1. The second-order valence-corrected chi connectivity index (χ2v) is 7.16. The molecular weight excluding hydrogens is 350 g/mol. The third kappa shape index (κ3) is 2.49. The van der Waals surface area contributed by atoms with Gasteiger partial charge in [0.05, 0.1) is 13.1 Å². The molecule has 0 radical (unpaired) electrons. The van der Waals surface area contributed by atoms with E-state index < -0.39 is 0 Å². The zero-order valence-corrected chi connectivity index (χ0v) is 15.2. The van der Waals surface area contributed by atoms with Crippen molar-refractivity contribution < 1.29 is 4.42 Å². The van der Waals surface area contributed by atoms with Crippen LogP contribution in [-0.2, 0) is 0 Å². The second-order valence-electron chi connectivity index (χ2n) is 7.16. The number of nitrogens with one attached hydrogen (secondary N) is 3. The summed E-state index contributed by atoms with van der Waals surface area (Å²) in [5.74, 6) is 2.63. The Bertz CT molecular complexity index is 1250. The monoisotopic (exact) mass is 369 g/mol. The van der Waals surface area contributed by atoms with E-state index in [9.17, 15) is 0 Å². The fourth-order valence-corrected chi connectivity index (χ4v) is 3.91. The molecule has 2 aliphatic rings. The third-order valence-electron chi connectivity index (χ3n) is 5.30. The summed E-state index contributed by atoms with van der Waals surface area (Å²) in [5.41, 5.74) is 5.34. The van der Waals surface area contributed by atoms with Gasteiger partial charge in [-0.2, -0.15) is 0 Å². The number of furan rings is 1. The van der Waals surface area contributed by atoms with Gasteiger partial charge in [-0.1, -0.05) is 12.1 Å². The normalized spacial score (nSPS) is 16.3. The number of hydrogen-bond acceptors (Lipinski definition) is 5. The van der Waals surface area contributed by atoms with Gasteiger partial charge in [0.1, 0.15) is 11.4 Å². The molecule has 2 aromatic carbocycles. The van der Waals surface area contributed by atoms with Gasteiger partial charge >= 0.3 is 0 Å². The molecule has 2 aliphatic heterocycles. The smallest absolute Gasteiger partial charge is 0.170 e. The number of aliphatic imine (C=N–C) groups is 2. The van der Waals surface area contributed by atoms with Crippen LogP contribution in [0, 0.1) is 0 Å². The minimum atomic E-state index is 0.802. The highest BCUT2D eigenvalue weighted by molar-refractivity contribution is 6.03. The molecule has 28 heavy (non-hydrogen) atoms. The Labute approximate surface area is 161 Å². The summed E-state index contributed by atoms with van der Waals surface area (Å²) in [4.78, 5) is 12.5. The van der Waals surface area contributed by atoms with Crippen molar-refractivity contribution in [2.45, 2.75) is 0 Å². The van der Waals surface area contributed by atoms with Crippen LogP contribution in [-0.4, -0.2) is 42.8 Å². The van der Waals surface area contributed by atoms with Crippen LogP contribution in [0.1, 0.15) is 11.3 Å². The lowest BCUT2D eigenvalue weighted by Crippen LogP contribution is -2.19. The average molecular weight is 369 g/mol. The molecule has 0 spiro atoms. The molecule has 4 aromatic rings. The SMILES string of the molecule is c1cc2cc(-c3ccc4oc(C5=NCCN5)cc4c3)[nH]c2cc1C1=NCCN1. The van der Waals surface area contributed by atoms with E-state index in [0.717, 1.165) is 76.9 Å². The average Bonchev–Trinajstić information content (AvgIpc) is 3.52. The first kappa shape index (κ1) is 15.5. The lowest BCUT2D eigenvalue weighted by atomic mass is 10.1. The third-order valence-corrected chi connectivity index (χ3v) is 5.30. The van der Waals surface area contributed by atoms with E-state index in [1.165, 1.54) is 5.39 Å². The zero-order valence-electron chi connectivity index (χ0n) is 15.2. The maximum absolute atomic E-state index is 5.95. The first-order valence-corrected chi connectivity index (χ1v) is 9.58. The second kappa shape index (κ2) is 5.99. The van der Waals surface area contributed by atoms with Crippen LogP contribution >= 0.6 is 0 Å². The Morgan fingerprint density at radius 1 is 0.750 bits per heavy atom. The standard InChI is InChI=1S/C22H19N5O/c1-2-15(21-23-5-6-24-21)11-18-14(1)10-17(27-18)13-3-4-19-16(9-13)12-20(28-19)22-25-7-8-26-22/h1-4,9-12,27H,5-8H2,(H,23,24)(H,25,26). The summed E-state index contributed by atoms with van der Waals surface area (Å²) in [7, 11) is 0. The fraction of sp³-hybridized carbons (Fsp3) is 0.182. The van der Waals surface area contributed by atoms with Gasteiger partial charge in [-0.25, -0.2) is 0 Å². The Morgan fingerprint density at radius 2 is 1.57 bits per heavy atom. The van der Waals surface area contributed by atoms with E-state index in [1.54, 1.807) is 0 Å². The van der Waals surface area contributed by atoms with Crippen LogP contribution in [0.5, 0.6) is 0 Å². The number of rotatable bonds is 3. The number of aromatic amines is 1. The number of amidine groups is 2. The summed E-state index contributed by atoms with van der Waals surface area (Å²) < 4.78 is 5.95. The summed E-state index contributed by atoms with van der Waals surface area (Å²) in [6.07, 6.45) is 0. The predicted octanol–water partition coefficient (Wildman–Crippen LogP) is 3.28. The molecule has 0 saturated carbocycles. The summed E-state index contributed by atoms with van der Waals surface area (Å²) in [6.45, 7) is 3.43. The number of fused-ring (bicyclic) bond motifs is 2. The van der Waals surface area contributed by atoms with Crippen molar-refractivity contribution in [2.75, 3.05) is 26.2 Å². The lowest BCUT2D eigenvalue weighted by molar-refractivity contribution is 0.602. The summed E-state index contributed by atoms with van der Waals surface area (Å²) in [5, 5.41) is 8.86. The lowest BCUT2D eigenvalue weighted by Gasteiger charge is -2.01. The molecule has 0 amide bonds. The first-order chi connectivity index (χ1) is 13.8. The van der Waals surface area contributed by atoms with Crippen LogP contribution in [0.25, 0.3) is 33.1 Å². The van der Waals surface area contributed by atoms with Crippen molar-refractivity contribution >= 4 is 33.5 Å². The molecular formula is C22H19N5O. The molecule has 0 fully saturated rings. The number of hydrogen-bond donors (Lipinski definition) is 3. The van der Waals surface area contributed by atoms with Crippen LogP contribution in [0.2, 0.25) is 0 Å². The fourth-order valence-electron chi connectivity index (χ4n) is 3.91. The topological polar surface area (TPSA) is 77.7 Å². The maximum atomic E-state index is 5.95. The zero-order chi connectivity index (χ0) is 18.5. The van der Waals surface area contributed by atoms with Crippen LogP contribution in [0.3, 0.4) is 0 Å². The van der Waals surface area contributed by atoms with Crippen molar-refractivity contribution in [3.8, 4) is 11.3 Å². The molecule has 6 heteroatoms. The van der Waals surface area contributed by atoms with E-state index >= 15 is 0 Å². The Hall–Kier alpha value is -3.54. The van der Waals surface area contributed by atoms with Crippen LogP contribution in [0.4, 0.5) is 0 Å². The quantitative estimate of drug-likeness (QED) is 0.519. The largest absolute Gasteiger partial charge is 0.453 e. The van der Waals surface area contributed by atoms with Crippen LogP contribution < -0.4 is 10.6 Å². The Kier molecular flexibility index (Phi) is 3.32. The van der Waals surface area contributed by atoms with E-state index in [2.05, 4.69) is 68.1 Å². The van der Waals surface area contributed by atoms with E-state index in [-0.39, 0.29) is 0 Å². The predicted molar refractivity (Wildman–Crippen MR) is 112 cm³/mol. The number of nitrogens with zero attached hydrogens (tertiary/aromatic N) is 2. The molecule has 0 unspecified atom stereocenters. The van der Waals surface area contributed by atoms with E-state index in [0.29, 0.717) is 0 Å². The highest BCUT2D eigenvalue weighted by atomic mass is 16.3. The van der Waals surface area contributed by atoms with Crippen molar-refractivity contribution in [3.63, 3.8) is 0 Å². The first-order valence-electron chi connectivity index (χ1n) is 9.58. The molecule has 0 atom stereocenters. The molecule has 0 bridgehead atoms. The van der Waals surface area contributed by atoms with Gasteiger partial charge in [-0.3, -0.25) is 9.98 Å². The van der Waals surface area contributed by atoms with Gasteiger partial charge in [0, 0.05) is 40.6 Å². The van der Waals surface area contributed by atoms with Crippen molar-refractivity contribution in [2.24, 2.45) is 9.98 Å². The molecule has 6 rings (SSSR count). The van der Waals surface area contributed by atoms with E-state index in [4.69, 9.17) is 4.42 Å². The molecule has 0 aliphatic carbocycles. The van der Waals surface area contributed by atoms with Gasteiger partial charge in [-0.05, 0) is 42.0 Å². The van der Waals surface area contributed by atoms with E-state index in [1.807, 2.05) is 6.07 Å². The molecule has 2 aromatic heterocycles. The maximum Gasteiger partial charge on any atom is 0.170 e. The molecule has 4 heterocycles. The Balaban J connectivity index is 1.39. The summed E-state index contributed by atoms with van der Waals surface area (Å²) >= 11 is 0. The minimum absolute atomic E-state index is 0.802. The molecule has 6 nitrogen and oxygen atoms in total. The van der Waals surface area contributed by atoms with Gasteiger partial charge < -0.3 is 20.0 Å². The van der Waals surface area contributed by atoms with Crippen molar-refractivity contribution in [3.05, 3.63) is 59.9 Å². The molecule has 0 saturated heterocycles. The highest BCUT2D eigenvalue weighted by Crippen LogP contribution is 2.29. The molecule has 3 N–H and O–H groups in total. The van der Waals surface area contributed by atoms with Gasteiger partial charge in [0.25, 0.3) is 0 Å². The van der Waals surface area contributed by atoms with Gasteiger partial charge in [-0.15, -0.1) is 0 Å². The highest BCUT2D eigenvalue weighted by Gasteiger charge is 2.15. The molecule has 138 valence electrons. The number of aromatic nitrogens is 1. The Morgan fingerprint density at radius 3 is 2.39 bits per heavy atom. The number of benzene rings is 2.